The second-order valence-corrected chi connectivity index (χ2v) is 6.26. The Kier molecular flexibility index (Phi) is 4.11. The lowest BCUT2D eigenvalue weighted by molar-refractivity contribution is 0.0840. The zero-order valence-electron chi connectivity index (χ0n) is 11.9. The smallest absolute Gasteiger partial charge is 0.123 e. The maximum absolute atomic E-state index is 13.5. The van der Waals surface area contributed by atoms with Crippen molar-refractivity contribution in [3.8, 4) is 5.75 Å². The average Bonchev–Trinajstić information content (AvgIpc) is 2.33. The third-order valence-electron chi connectivity index (χ3n) is 3.62. The number of rotatable bonds is 2. The molecule has 0 saturated carbocycles. The molecule has 0 radical (unpaired) electrons. The summed E-state index contributed by atoms with van der Waals surface area (Å²) in [6.45, 7) is 10.1. The van der Waals surface area contributed by atoms with Gasteiger partial charge in [0.1, 0.15) is 11.6 Å². The van der Waals surface area contributed by atoms with E-state index in [4.69, 9.17) is 0 Å². The van der Waals surface area contributed by atoms with Gasteiger partial charge in [-0.3, -0.25) is 4.90 Å². The van der Waals surface area contributed by atoms with Crippen LogP contribution in [-0.2, 0) is 0 Å². The highest BCUT2D eigenvalue weighted by molar-refractivity contribution is 5.36. The van der Waals surface area contributed by atoms with E-state index < -0.39 is 0 Å². The lowest BCUT2D eigenvalue weighted by Crippen LogP contribution is -2.48. The topological polar surface area (TPSA) is 35.5 Å². The van der Waals surface area contributed by atoms with Gasteiger partial charge in [-0.25, -0.2) is 4.39 Å². The van der Waals surface area contributed by atoms with E-state index in [0.717, 1.165) is 26.2 Å². The van der Waals surface area contributed by atoms with E-state index in [1.54, 1.807) is 0 Å². The van der Waals surface area contributed by atoms with E-state index in [0.29, 0.717) is 5.56 Å². The minimum absolute atomic E-state index is 0.0188. The highest BCUT2D eigenvalue weighted by Gasteiger charge is 2.34. The number of benzene rings is 1. The minimum Gasteiger partial charge on any atom is -0.508 e. The fourth-order valence-electron chi connectivity index (χ4n) is 2.90. The predicted octanol–water partition coefficient (Wildman–Crippen LogP) is 2.52. The zero-order valence-corrected chi connectivity index (χ0v) is 11.9. The normalized spacial score (nSPS) is 19.4. The Morgan fingerprint density at radius 3 is 2.47 bits per heavy atom. The van der Waals surface area contributed by atoms with Crippen LogP contribution in [0.1, 0.15) is 32.4 Å². The van der Waals surface area contributed by atoms with Gasteiger partial charge in [0.05, 0.1) is 0 Å². The summed E-state index contributed by atoms with van der Waals surface area (Å²) in [4.78, 5) is 2.32. The first kappa shape index (κ1) is 14.3. The fraction of sp³-hybridized carbons (Fsp3) is 0.600. The summed E-state index contributed by atoms with van der Waals surface area (Å²) >= 11 is 0. The van der Waals surface area contributed by atoms with Gasteiger partial charge in [-0.1, -0.05) is 20.8 Å². The van der Waals surface area contributed by atoms with Crippen LogP contribution in [0.2, 0.25) is 0 Å². The molecular formula is C15H23FN2O. The van der Waals surface area contributed by atoms with Crippen LogP contribution >= 0.6 is 0 Å². The predicted molar refractivity (Wildman–Crippen MR) is 74.7 cm³/mol. The lowest BCUT2D eigenvalue weighted by atomic mass is 9.80. The Morgan fingerprint density at radius 2 is 1.89 bits per heavy atom. The quantitative estimate of drug-likeness (QED) is 0.863. The zero-order chi connectivity index (χ0) is 14.0. The lowest BCUT2D eigenvalue weighted by Gasteiger charge is -2.42. The van der Waals surface area contributed by atoms with Gasteiger partial charge < -0.3 is 10.4 Å². The number of phenolic OH excluding ortho intramolecular Hbond substituents is 1. The van der Waals surface area contributed by atoms with Gasteiger partial charge in [-0.05, 0) is 23.6 Å². The Balaban J connectivity index is 2.39. The van der Waals surface area contributed by atoms with Crippen LogP contribution < -0.4 is 5.32 Å². The van der Waals surface area contributed by atoms with Crippen LogP contribution in [0.5, 0.6) is 5.75 Å². The molecule has 106 valence electrons. The molecule has 3 nitrogen and oxygen atoms in total. The van der Waals surface area contributed by atoms with Crippen molar-refractivity contribution in [1.29, 1.82) is 0 Å². The molecule has 0 aromatic heterocycles. The number of nitrogens with one attached hydrogen (secondary N) is 1. The van der Waals surface area contributed by atoms with Crippen LogP contribution in [0.3, 0.4) is 0 Å². The molecule has 0 unspecified atom stereocenters. The monoisotopic (exact) mass is 266 g/mol. The van der Waals surface area contributed by atoms with E-state index in [1.165, 1.54) is 18.2 Å². The standard InChI is InChI=1S/C15H23FN2O/c1-15(2,3)14(18-8-6-17-7-9-18)12-10-11(16)4-5-13(12)19/h4-5,10,14,17,19H,6-9H2,1-3H3/t14-/m0/s1. The van der Waals surface area contributed by atoms with Gasteiger partial charge >= 0.3 is 0 Å². The average molecular weight is 266 g/mol. The number of phenols is 1. The summed E-state index contributed by atoms with van der Waals surface area (Å²) in [5.74, 6) is -0.114. The Morgan fingerprint density at radius 1 is 1.26 bits per heavy atom. The molecule has 1 aliphatic heterocycles. The molecule has 2 rings (SSSR count). The van der Waals surface area contributed by atoms with E-state index in [2.05, 4.69) is 31.0 Å². The largest absolute Gasteiger partial charge is 0.508 e. The Bertz CT molecular complexity index is 436. The summed E-state index contributed by atoms with van der Waals surface area (Å²) in [5.41, 5.74) is 0.622. The van der Waals surface area contributed by atoms with Crippen molar-refractivity contribution in [3.63, 3.8) is 0 Å². The molecule has 1 fully saturated rings. The molecule has 0 bridgehead atoms. The third kappa shape index (κ3) is 3.25. The molecule has 1 atom stereocenters. The number of hydrogen-bond donors (Lipinski definition) is 2. The maximum atomic E-state index is 13.5. The van der Waals surface area contributed by atoms with E-state index >= 15 is 0 Å². The molecule has 1 saturated heterocycles. The van der Waals surface area contributed by atoms with E-state index in [1.807, 2.05) is 0 Å². The van der Waals surface area contributed by atoms with Crippen LogP contribution in [-0.4, -0.2) is 36.2 Å². The summed E-state index contributed by atoms with van der Waals surface area (Å²) < 4.78 is 13.5. The molecule has 1 aromatic carbocycles. The van der Waals surface area contributed by atoms with Crippen molar-refractivity contribution in [3.05, 3.63) is 29.6 Å². The van der Waals surface area contributed by atoms with Crippen molar-refractivity contribution >= 4 is 0 Å². The molecule has 1 aliphatic rings. The number of piperazine rings is 1. The van der Waals surface area contributed by atoms with E-state index in [-0.39, 0.29) is 23.0 Å². The van der Waals surface area contributed by atoms with Crippen molar-refractivity contribution in [2.24, 2.45) is 5.41 Å². The van der Waals surface area contributed by atoms with Crippen molar-refractivity contribution in [2.75, 3.05) is 26.2 Å². The van der Waals surface area contributed by atoms with Gasteiger partial charge in [0.25, 0.3) is 0 Å². The maximum Gasteiger partial charge on any atom is 0.123 e. The van der Waals surface area contributed by atoms with Crippen molar-refractivity contribution in [2.45, 2.75) is 26.8 Å². The van der Waals surface area contributed by atoms with Gasteiger partial charge in [-0.2, -0.15) is 0 Å². The van der Waals surface area contributed by atoms with Crippen LogP contribution in [0.4, 0.5) is 4.39 Å². The fourth-order valence-corrected chi connectivity index (χ4v) is 2.90. The van der Waals surface area contributed by atoms with Gasteiger partial charge in [-0.15, -0.1) is 0 Å². The van der Waals surface area contributed by atoms with Crippen LogP contribution in [0, 0.1) is 11.2 Å². The second kappa shape index (κ2) is 5.47. The molecular weight excluding hydrogens is 243 g/mol. The second-order valence-electron chi connectivity index (χ2n) is 6.26. The third-order valence-corrected chi connectivity index (χ3v) is 3.62. The minimum atomic E-state index is -0.294. The highest BCUT2D eigenvalue weighted by atomic mass is 19.1. The van der Waals surface area contributed by atoms with Crippen LogP contribution in [0.25, 0.3) is 0 Å². The van der Waals surface area contributed by atoms with Crippen molar-refractivity contribution < 1.29 is 9.50 Å². The summed E-state index contributed by atoms with van der Waals surface area (Å²) in [6.07, 6.45) is 0. The summed E-state index contributed by atoms with van der Waals surface area (Å²) in [5, 5.41) is 13.4. The first-order valence-electron chi connectivity index (χ1n) is 6.83. The van der Waals surface area contributed by atoms with Crippen LogP contribution in [0.15, 0.2) is 18.2 Å². The van der Waals surface area contributed by atoms with Crippen molar-refractivity contribution in [1.82, 2.24) is 10.2 Å². The first-order valence-corrected chi connectivity index (χ1v) is 6.83. The Labute approximate surface area is 114 Å². The molecule has 0 aliphatic carbocycles. The molecule has 2 N–H and O–H groups in total. The molecule has 4 heteroatoms. The molecule has 19 heavy (non-hydrogen) atoms. The SMILES string of the molecule is CC(C)(C)[C@H](c1cc(F)ccc1O)N1CCNCC1. The summed E-state index contributed by atoms with van der Waals surface area (Å²) in [6, 6.07) is 4.24. The van der Waals surface area contributed by atoms with E-state index in [9.17, 15) is 9.50 Å². The molecule has 0 spiro atoms. The molecule has 0 amide bonds. The summed E-state index contributed by atoms with van der Waals surface area (Å²) in [7, 11) is 0. The highest BCUT2D eigenvalue weighted by Crippen LogP contribution is 2.41. The number of nitrogens with zero attached hydrogens (tertiary/aromatic N) is 1. The molecule has 1 aromatic rings. The number of halogens is 1. The van der Waals surface area contributed by atoms with Gasteiger partial charge in [0.2, 0.25) is 0 Å². The number of aromatic hydroxyl groups is 1. The van der Waals surface area contributed by atoms with Gasteiger partial charge in [0.15, 0.2) is 0 Å². The first-order chi connectivity index (χ1) is 8.89. The van der Waals surface area contributed by atoms with Gasteiger partial charge in [0, 0.05) is 37.8 Å². The Hall–Kier alpha value is -1.13. The number of hydrogen-bond acceptors (Lipinski definition) is 3. The molecule has 1 heterocycles.